The van der Waals surface area contributed by atoms with E-state index in [-0.39, 0.29) is 4.90 Å². The van der Waals surface area contributed by atoms with Gasteiger partial charge in [0.15, 0.2) is 0 Å². The van der Waals surface area contributed by atoms with Crippen molar-refractivity contribution in [3.8, 4) is 0 Å². The molecular formula is C22H20IN3O3S2. The van der Waals surface area contributed by atoms with Crippen LogP contribution in [0.1, 0.15) is 5.56 Å². The molecule has 1 N–H and O–H groups in total. The summed E-state index contributed by atoms with van der Waals surface area (Å²) in [6.45, 7) is -0.402. The lowest BCUT2D eigenvalue weighted by atomic mass is 10.2. The zero-order chi connectivity index (χ0) is 22.3. The van der Waals surface area contributed by atoms with Crippen LogP contribution in [0.2, 0.25) is 0 Å². The van der Waals surface area contributed by atoms with Crippen LogP contribution < -0.4 is 9.73 Å². The van der Waals surface area contributed by atoms with Crippen molar-refractivity contribution in [1.29, 1.82) is 0 Å². The summed E-state index contributed by atoms with van der Waals surface area (Å²) in [5.41, 5.74) is 3.64. The molecule has 0 saturated carbocycles. The summed E-state index contributed by atoms with van der Waals surface area (Å²) in [7, 11) is -3.93. The molecule has 3 aromatic carbocycles. The van der Waals surface area contributed by atoms with E-state index in [1.165, 1.54) is 18.3 Å². The number of nitrogens with zero attached hydrogens (tertiary/aromatic N) is 2. The Morgan fingerprint density at radius 3 is 2.29 bits per heavy atom. The van der Waals surface area contributed by atoms with Crippen LogP contribution in [0, 0.1) is 3.57 Å². The number of hydrazone groups is 1. The van der Waals surface area contributed by atoms with Gasteiger partial charge in [0.25, 0.3) is 15.9 Å². The Morgan fingerprint density at radius 1 is 1.03 bits per heavy atom. The predicted octanol–water partition coefficient (Wildman–Crippen LogP) is 4.36. The number of carbonyl (C=O) groups excluding carboxylic acids is 1. The Bertz CT molecular complexity index is 1150. The SMILES string of the molecule is CSc1ccc(/C=N\NC(=O)CN(c2ccc(I)cc2)S(=O)(=O)c2ccccc2)cc1. The van der Waals surface area contributed by atoms with Gasteiger partial charge in [-0.25, -0.2) is 13.8 Å². The van der Waals surface area contributed by atoms with Gasteiger partial charge in [-0.05, 0) is 82.9 Å². The third-order valence-corrected chi connectivity index (χ3v) is 7.50. The third kappa shape index (κ3) is 6.31. The van der Waals surface area contributed by atoms with Crippen LogP contribution >= 0.6 is 34.4 Å². The van der Waals surface area contributed by atoms with Crippen LogP contribution in [-0.4, -0.2) is 33.3 Å². The largest absolute Gasteiger partial charge is 0.271 e. The van der Waals surface area contributed by atoms with Gasteiger partial charge in [-0.1, -0.05) is 30.3 Å². The molecule has 1 amide bonds. The highest BCUT2D eigenvalue weighted by molar-refractivity contribution is 14.1. The summed E-state index contributed by atoms with van der Waals surface area (Å²) in [5.74, 6) is -0.546. The van der Waals surface area contributed by atoms with Crippen molar-refractivity contribution < 1.29 is 13.2 Å². The fourth-order valence-corrected chi connectivity index (χ4v) is 4.89. The van der Waals surface area contributed by atoms with Crippen LogP contribution in [0.5, 0.6) is 0 Å². The van der Waals surface area contributed by atoms with Crippen molar-refractivity contribution in [3.63, 3.8) is 0 Å². The van der Waals surface area contributed by atoms with E-state index in [4.69, 9.17) is 0 Å². The molecule has 0 fully saturated rings. The highest BCUT2D eigenvalue weighted by atomic mass is 127. The second-order valence-corrected chi connectivity index (χ2v) is 10.4. The highest BCUT2D eigenvalue weighted by Crippen LogP contribution is 2.24. The lowest BCUT2D eigenvalue weighted by Gasteiger charge is -2.23. The average molecular weight is 565 g/mol. The Kier molecular flexibility index (Phi) is 8.10. The van der Waals surface area contributed by atoms with Gasteiger partial charge >= 0.3 is 0 Å². The zero-order valence-electron chi connectivity index (χ0n) is 16.6. The van der Waals surface area contributed by atoms with Crippen molar-refractivity contribution in [1.82, 2.24) is 5.43 Å². The van der Waals surface area contributed by atoms with Gasteiger partial charge in [-0.15, -0.1) is 11.8 Å². The van der Waals surface area contributed by atoms with E-state index in [1.807, 2.05) is 30.5 Å². The topological polar surface area (TPSA) is 78.8 Å². The zero-order valence-corrected chi connectivity index (χ0v) is 20.4. The van der Waals surface area contributed by atoms with Crippen LogP contribution in [0.25, 0.3) is 0 Å². The molecule has 9 heteroatoms. The number of carbonyl (C=O) groups is 1. The first-order valence-corrected chi connectivity index (χ1v) is 12.9. The second-order valence-electron chi connectivity index (χ2n) is 6.37. The van der Waals surface area contributed by atoms with Gasteiger partial charge < -0.3 is 0 Å². The molecule has 3 rings (SSSR count). The van der Waals surface area contributed by atoms with Crippen LogP contribution in [0.3, 0.4) is 0 Å². The standard InChI is InChI=1S/C22H20IN3O3S2/c1-30-20-13-7-17(8-14-20)15-24-25-22(27)16-26(19-11-9-18(23)10-12-19)31(28,29)21-5-3-2-4-6-21/h2-15H,16H2,1H3,(H,25,27)/b24-15-. The third-order valence-electron chi connectivity index (χ3n) is 4.25. The molecule has 0 heterocycles. The minimum atomic E-state index is -3.93. The van der Waals surface area contributed by atoms with Gasteiger partial charge in [-0.3, -0.25) is 9.10 Å². The minimum absolute atomic E-state index is 0.110. The van der Waals surface area contributed by atoms with E-state index in [2.05, 4.69) is 33.1 Å². The molecule has 160 valence electrons. The number of benzene rings is 3. The summed E-state index contributed by atoms with van der Waals surface area (Å²) in [4.78, 5) is 13.8. The minimum Gasteiger partial charge on any atom is -0.271 e. The number of anilines is 1. The molecule has 0 saturated heterocycles. The van der Waals surface area contributed by atoms with E-state index < -0.39 is 22.5 Å². The molecule has 0 aromatic heterocycles. The molecule has 0 aliphatic heterocycles. The number of hydrogen-bond donors (Lipinski definition) is 1. The maximum atomic E-state index is 13.2. The molecule has 6 nitrogen and oxygen atoms in total. The maximum absolute atomic E-state index is 13.2. The molecule has 0 unspecified atom stereocenters. The first kappa shape index (κ1) is 23.3. The number of nitrogens with one attached hydrogen (secondary N) is 1. The van der Waals surface area contributed by atoms with Gasteiger partial charge in [0, 0.05) is 8.47 Å². The number of amides is 1. The first-order valence-electron chi connectivity index (χ1n) is 9.19. The molecule has 0 spiro atoms. The van der Waals surface area contributed by atoms with Gasteiger partial charge in [0.1, 0.15) is 6.54 Å². The van der Waals surface area contributed by atoms with E-state index in [0.717, 1.165) is 18.3 Å². The maximum Gasteiger partial charge on any atom is 0.264 e. The van der Waals surface area contributed by atoms with E-state index in [1.54, 1.807) is 54.2 Å². The number of hydrogen-bond acceptors (Lipinski definition) is 5. The second kappa shape index (κ2) is 10.8. The van der Waals surface area contributed by atoms with Gasteiger partial charge in [0.05, 0.1) is 16.8 Å². The summed E-state index contributed by atoms with van der Waals surface area (Å²) in [6, 6.07) is 22.6. The number of rotatable bonds is 8. The van der Waals surface area contributed by atoms with Crippen molar-refractivity contribution in [2.24, 2.45) is 5.10 Å². The summed E-state index contributed by atoms with van der Waals surface area (Å²) in [6.07, 6.45) is 3.51. The lowest BCUT2D eigenvalue weighted by molar-refractivity contribution is -0.119. The smallest absolute Gasteiger partial charge is 0.264 e. The fraction of sp³-hybridized carbons (Fsp3) is 0.0909. The predicted molar refractivity (Wildman–Crippen MR) is 134 cm³/mol. The van der Waals surface area contributed by atoms with Crippen molar-refractivity contribution in [2.45, 2.75) is 9.79 Å². The normalized spacial score (nSPS) is 11.4. The summed E-state index contributed by atoms with van der Waals surface area (Å²) >= 11 is 3.77. The first-order chi connectivity index (χ1) is 14.9. The molecule has 0 bridgehead atoms. The van der Waals surface area contributed by atoms with Crippen molar-refractivity contribution in [2.75, 3.05) is 17.1 Å². The highest BCUT2D eigenvalue weighted by Gasteiger charge is 2.27. The molecule has 3 aromatic rings. The average Bonchev–Trinajstić information content (AvgIpc) is 2.79. The molecule has 31 heavy (non-hydrogen) atoms. The lowest BCUT2D eigenvalue weighted by Crippen LogP contribution is -2.39. The van der Waals surface area contributed by atoms with Crippen LogP contribution in [-0.2, 0) is 14.8 Å². The van der Waals surface area contributed by atoms with E-state index >= 15 is 0 Å². The number of thioether (sulfide) groups is 1. The molecule has 0 aliphatic rings. The molecule has 0 atom stereocenters. The Morgan fingerprint density at radius 2 is 1.68 bits per heavy atom. The quantitative estimate of drug-likeness (QED) is 0.191. The van der Waals surface area contributed by atoms with Crippen LogP contribution in [0.4, 0.5) is 5.69 Å². The van der Waals surface area contributed by atoms with Crippen molar-refractivity contribution in [3.05, 3.63) is 88.0 Å². The molecule has 0 aliphatic carbocycles. The monoisotopic (exact) mass is 565 g/mol. The number of sulfonamides is 1. The Balaban J connectivity index is 1.78. The Labute approximate surface area is 199 Å². The van der Waals surface area contributed by atoms with E-state index in [0.29, 0.717) is 5.69 Å². The van der Waals surface area contributed by atoms with Crippen LogP contribution in [0.15, 0.2) is 93.8 Å². The fourth-order valence-electron chi connectivity index (χ4n) is 2.68. The van der Waals surface area contributed by atoms with Gasteiger partial charge in [0.2, 0.25) is 0 Å². The summed E-state index contributed by atoms with van der Waals surface area (Å²) in [5, 5.41) is 3.96. The molecular weight excluding hydrogens is 545 g/mol. The van der Waals surface area contributed by atoms with Gasteiger partial charge in [-0.2, -0.15) is 5.10 Å². The number of halogens is 1. The Hall–Kier alpha value is -2.37. The molecule has 0 radical (unpaired) electrons. The van der Waals surface area contributed by atoms with Crippen molar-refractivity contribution >= 4 is 62.2 Å². The summed E-state index contributed by atoms with van der Waals surface area (Å²) < 4.78 is 28.5. The van der Waals surface area contributed by atoms with E-state index in [9.17, 15) is 13.2 Å².